The van der Waals surface area contributed by atoms with Crippen molar-refractivity contribution in [2.75, 3.05) is 13.1 Å². The normalized spacial score (nSPS) is 22.7. The number of carbonyl (C=O) groups is 3. The van der Waals surface area contributed by atoms with Crippen molar-refractivity contribution in [2.45, 2.75) is 52.5 Å². The summed E-state index contributed by atoms with van der Waals surface area (Å²) in [6.07, 6.45) is 3.77. The van der Waals surface area contributed by atoms with Gasteiger partial charge < -0.3 is 20.5 Å². The molecule has 3 atom stereocenters. The van der Waals surface area contributed by atoms with Crippen LogP contribution in [-0.2, 0) is 9.59 Å². The van der Waals surface area contributed by atoms with Crippen molar-refractivity contribution in [1.29, 1.82) is 0 Å². The molecule has 0 bridgehead atoms. The maximum absolute atomic E-state index is 13.0. The second-order valence-corrected chi connectivity index (χ2v) is 9.53. The van der Waals surface area contributed by atoms with Gasteiger partial charge in [-0.25, -0.2) is 0 Å². The first-order valence-corrected chi connectivity index (χ1v) is 11.0. The van der Waals surface area contributed by atoms with Gasteiger partial charge in [0.25, 0.3) is 5.91 Å². The molecule has 1 aromatic heterocycles. The molecule has 2 fully saturated rings. The highest BCUT2D eigenvalue weighted by molar-refractivity contribution is 9.10. The van der Waals surface area contributed by atoms with Crippen molar-refractivity contribution in [1.82, 2.24) is 15.4 Å². The van der Waals surface area contributed by atoms with E-state index in [-0.39, 0.29) is 35.5 Å². The van der Waals surface area contributed by atoms with Crippen LogP contribution in [0.5, 0.6) is 0 Å². The van der Waals surface area contributed by atoms with Gasteiger partial charge in [-0.2, -0.15) is 0 Å². The number of halogens is 1. The van der Waals surface area contributed by atoms with Crippen molar-refractivity contribution in [2.24, 2.45) is 29.4 Å². The molecule has 160 valence electrons. The molecule has 0 aromatic carbocycles. The molecule has 2 aliphatic rings. The van der Waals surface area contributed by atoms with Crippen molar-refractivity contribution in [3.8, 4) is 0 Å². The second-order valence-electron chi connectivity index (χ2n) is 8.77. The maximum atomic E-state index is 13.0. The summed E-state index contributed by atoms with van der Waals surface area (Å²) in [6, 6.07) is -0.192. The van der Waals surface area contributed by atoms with Crippen LogP contribution in [0.1, 0.15) is 55.6 Å². The Bertz CT molecular complexity index is 789. The molecule has 1 unspecified atom stereocenters. The fourth-order valence-corrected chi connectivity index (χ4v) is 4.28. The lowest BCUT2D eigenvalue weighted by molar-refractivity contribution is -0.141. The van der Waals surface area contributed by atoms with E-state index in [0.29, 0.717) is 35.6 Å². The average Bonchev–Trinajstić information content (AvgIpc) is 3.29. The number of rotatable bonds is 8. The number of primary amides is 1. The molecule has 1 aliphatic heterocycles. The molecule has 0 radical (unpaired) electrons. The zero-order chi connectivity index (χ0) is 21.3. The Morgan fingerprint density at radius 1 is 1.31 bits per heavy atom. The molecule has 2 heterocycles. The number of likely N-dealkylation sites (tertiary alicyclic amines) is 1. The number of nitrogens with one attached hydrogen (secondary N) is 1. The number of carbonyl (C=O) groups excluding carboxylic acids is 3. The molecule has 29 heavy (non-hydrogen) atoms. The van der Waals surface area contributed by atoms with E-state index in [1.807, 2.05) is 13.8 Å². The van der Waals surface area contributed by atoms with E-state index < -0.39 is 11.8 Å². The van der Waals surface area contributed by atoms with Gasteiger partial charge in [-0.3, -0.25) is 14.4 Å². The van der Waals surface area contributed by atoms with Crippen molar-refractivity contribution >= 4 is 33.7 Å². The number of amides is 3. The second kappa shape index (κ2) is 8.85. The van der Waals surface area contributed by atoms with Crippen LogP contribution in [0.3, 0.4) is 0 Å². The molecule has 1 aromatic rings. The summed E-state index contributed by atoms with van der Waals surface area (Å²) in [5, 5.41) is 6.79. The lowest BCUT2D eigenvalue weighted by Gasteiger charge is -2.22. The van der Waals surface area contributed by atoms with Crippen LogP contribution < -0.4 is 11.1 Å². The van der Waals surface area contributed by atoms with Gasteiger partial charge in [-0.1, -0.05) is 31.8 Å². The quantitative estimate of drug-likeness (QED) is 0.567. The standard InChI is InChI=1S/C20H29BrN4O4/c1-10(2)6-14(18(22)26)20(28)25-8-13(7-12-4-5-12)15(9-25)23-19(27)16-11(3)17(21)24-29-16/h10,12-15H,4-9H2,1-3H3,(H2,22,26)(H,23,27)/t13-,14?,15-/m1/s1. The third kappa shape index (κ3) is 5.18. The fourth-order valence-electron chi connectivity index (χ4n) is 4.03. The minimum Gasteiger partial charge on any atom is -0.369 e. The van der Waals surface area contributed by atoms with Crippen LogP contribution >= 0.6 is 15.9 Å². The van der Waals surface area contributed by atoms with E-state index in [2.05, 4.69) is 26.4 Å². The zero-order valence-corrected chi connectivity index (χ0v) is 18.7. The maximum Gasteiger partial charge on any atom is 0.290 e. The van der Waals surface area contributed by atoms with E-state index in [4.69, 9.17) is 10.3 Å². The highest BCUT2D eigenvalue weighted by Crippen LogP contribution is 2.38. The molecular formula is C20H29BrN4O4. The highest BCUT2D eigenvalue weighted by atomic mass is 79.9. The summed E-state index contributed by atoms with van der Waals surface area (Å²) >= 11 is 3.25. The largest absolute Gasteiger partial charge is 0.369 e. The molecule has 1 aliphatic carbocycles. The van der Waals surface area contributed by atoms with Crippen LogP contribution in [0.15, 0.2) is 9.13 Å². The third-order valence-electron chi connectivity index (χ3n) is 5.82. The Labute approximate surface area is 179 Å². The Morgan fingerprint density at radius 3 is 2.52 bits per heavy atom. The number of hydrogen-bond donors (Lipinski definition) is 2. The van der Waals surface area contributed by atoms with Gasteiger partial charge in [-0.15, -0.1) is 0 Å². The predicted octanol–water partition coefficient (Wildman–Crippen LogP) is 2.25. The summed E-state index contributed by atoms with van der Waals surface area (Å²) in [5.74, 6) is -0.827. The van der Waals surface area contributed by atoms with E-state index >= 15 is 0 Å². The Kier molecular flexibility index (Phi) is 6.65. The van der Waals surface area contributed by atoms with E-state index in [0.717, 1.165) is 6.42 Å². The molecule has 3 rings (SSSR count). The number of aromatic nitrogens is 1. The summed E-state index contributed by atoms with van der Waals surface area (Å²) in [4.78, 5) is 39.3. The highest BCUT2D eigenvalue weighted by Gasteiger charge is 2.42. The summed E-state index contributed by atoms with van der Waals surface area (Å²) in [5.41, 5.74) is 6.15. The zero-order valence-electron chi connectivity index (χ0n) is 17.1. The van der Waals surface area contributed by atoms with Gasteiger partial charge in [0.2, 0.25) is 17.6 Å². The molecule has 8 nitrogen and oxygen atoms in total. The molecule has 0 spiro atoms. The van der Waals surface area contributed by atoms with Gasteiger partial charge in [-0.05, 0) is 53.4 Å². The number of nitrogens with zero attached hydrogens (tertiary/aromatic N) is 2. The van der Waals surface area contributed by atoms with Crippen LogP contribution in [0.2, 0.25) is 0 Å². The van der Waals surface area contributed by atoms with Crippen LogP contribution in [-0.4, -0.2) is 46.9 Å². The SMILES string of the molecule is Cc1c(Br)noc1C(=O)N[C@@H]1CN(C(=O)C(CC(C)C)C(N)=O)C[C@H]1CC1CC1. The van der Waals surface area contributed by atoms with E-state index in [1.165, 1.54) is 12.8 Å². The lowest BCUT2D eigenvalue weighted by atomic mass is 9.95. The van der Waals surface area contributed by atoms with Gasteiger partial charge in [0, 0.05) is 18.7 Å². The number of hydrogen-bond acceptors (Lipinski definition) is 5. The summed E-state index contributed by atoms with van der Waals surface area (Å²) in [6.45, 7) is 6.58. The molecular weight excluding hydrogens is 440 g/mol. The van der Waals surface area contributed by atoms with Crippen LogP contribution in [0, 0.1) is 30.6 Å². The molecule has 3 amide bonds. The smallest absolute Gasteiger partial charge is 0.290 e. The minimum atomic E-state index is -0.821. The monoisotopic (exact) mass is 468 g/mol. The average molecular weight is 469 g/mol. The Hall–Kier alpha value is -1.90. The van der Waals surface area contributed by atoms with Crippen LogP contribution in [0.4, 0.5) is 0 Å². The van der Waals surface area contributed by atoms with Gasteiger partial charge >= 0.3 is 0 Å². The van der Waals surface area contributed by atoms with Crippen molar-refractivity contribution < 1.29 is 18.9 Å². The first-order chi connectivity index (χ1) is 13.7. The number of nitrogens with two attached hydrogens (primary N) is 1. The van der Waals surface area contributed by atoms with Gasteiger partial charge in [0.1, 0.15) is 5.92 Å². The lowest BCUT2D eigenvalue weighted by Crippen LogP contribution is -2.44. The van der Waals surface area contributed by atoms with Gasteiger partial charge in [0.05, 0.1) is 6.04 Å². The topological polar surface area (TPSA) is 119 Å². The van der Waals surface area contributed by atoms with E-state index in [9.17, 15) is 14.4 Å². The molecule has 9 heteroatoms. The Morgan fingerprint density at radius 2 is 2.00 bits per heavy atom. The molecule has 1 saturated heterocycles. The fraction of sp³-hybridized carbons (Fsp3) is 0.700. The first-order valence-electron chi connectivity index (χ1n) is 10.2. The summed E-state index contributed by atoms with van der Waals surface area (Å²) < 4.78 is 5.63. The van der Waals surface area contributed by atoms with E-state index in [1.54, 1.807) is 11.8 Å². The van der Waals surface area contributed by atoms with Crippen molar-refractivity contribution in [3.63, 3.8) is 0 Å². The summed E-state index contributed by atoms with van der Waals surface area (Å²) in [7, 11) is 0. The van der Waals surface area contributed by atoms with Gasteiger partial charge in [0.15, 0.2) is 4.60 Å². The molecule has 1 saturated carbocycles. The third-order valence-corrected chi connectivity index (χ3v) is 6.56. The molecule has 3 N–H and O–H groups in total. The minimum absolute atomic E-state index is 0.148. The van der Waals surface area contributed by atoms with Crippen molar-refractivity contribution in [3.05, 3.63) is 15.9 Å². The van der Waals surface area contributed by atoms with Crippen LogP contribution in [0.25, 0.3) is 0 Å². The predicted molar refractivity (Wildman–Crippen MR) is 110 cm³/mol. The first kappa shape index (κ1) is 21.8. The Balaban J connectivity index is 1.72.